The maximum atomic E-state index is 13.0. The molecule has 11 aliphatic rings. The molecule has 0 radical (unpaired) electrons. The number of hydrogen-bond acceptors (Lipinski definition) is 30. The average Bonchev–Trinajstić information content (AvgIpc) is 1.50. The van der Waals surface area contributed by atoms with Crippen molar-refractivity contribution in [1.29, 1.82) is 0 Å². The molecule has 0 unspecified atom stereocenters. The van der Waals surface area contributed by atoms with Gasteiger partial charge in [0.1, 0.15) is 122 Å². The molecule has 0 amide bonds. The van der Waals surface area contributed by atoms with Gasteiger partial charge in [-0.25, -0.2) is 0 Å². The van der Waals surface area contributed by atoms with Crippen LogP contribution in [-0.2, 0) is 61.6 Å². The number of rotatable bonds is 15. The van der Waals surface area contributed by atoms with E-state index in [-0.39, 0.29) is 40.6 Å². The smallest absolute Gasteiger partial charge is 0.303 e. The lowest BCUT2D eigenvalue weighted by Crippen LogP contribution is -2.71. The summed E-state index contributed by atoms with van der Waals surface area (Å²) < 4.78 is 73.6. The normalized spacial score (nSPS) is 56.4. The van der Waals surface area contributed by atoms with Gasteiger partial charge in [0.15, 0.2) is 43.3 Å². The Morgan fingerprint density at radius 3 is 1.68 bits per heavy atom. The van der Waals surface area contributed by atoms with Crippen LogP contribution in [0.4, 0.5) is 0 Å². The first-order chi connectivity index (χ1) is 41.7. The number of carbonyl (C=O) groups excluding carboxylic acids is 1. The van der Waals surface area contributed by atoms with Crippen molar-refractivity contribution in [2.45, 2.75) is 264 Å². The van der Waals surface area contributed by atoms with Crippen molar-refractivity contribution < 1.29 is 143 Å². The summed E-state index contributed by atoms with van der Waals surface area (Å²) in [7, 11) is 0. The van der Waals surface area contributed by atoms with Crippen LogP contribution in [0, 0.1) is 52.3 Å². The van der Waals surface area contributed by atoms with E-state index in [2.05, 4.69) is 26.1 Å². The summed E-state index contributed by atoms with van der Waals surface area (Å²) in [6.45, 7) is 6.73. The van der Waals surface area contributed by atoms with Gasteiger partial charge in [0.05, 0.1) is 45.2 Å². The summed E-state index contributed by atoms with van der Waals surface area (Å²) >= 11 is 0. The first-order valence-corrected chi connectivity index (χ1v) is 31.5. The van der Waals surface area contributed by atoms with Crippen molar-refractivity contribution in [1.82, 2.24) is 5.32 Å². The number of aliphatic hydroxyl groups excluding tert-OH is 16. The zero-order chi connectivity index (χ0) is 63.4. The number of nitrogens with one attached hydrogen (secondary N) is 1. The highest BCUT2D eigenvalue weighted by atomic mass is 16.8. The predicted molar refractivity (Wildman–Crippen MR) is 289 cm³/mol. The number of carbonyl (C=O) groups is 1. The summed E-state index contributed by atoms with van der Waals surface area (Å²) in [6.07, 6.45) is -37.3. The van der Waals surface area contributed by atoms with Gasteiger partial charge in [-0.3, -0.25) is 10.1 Å². The first kappa shape index (κ1) is 67.8. The fraction of sp³-hybridized carbons (Fsp3) is 0.983. The fourth-order valence-corrected chi connectivity index (χ4v) is 18.0. The number of aliphatic hydroxyl groups is 16. The molecule has 17 N–H and O–H groups in total. The Hall–Kier alpha value is -1.65. The van der Waals surface area contributed by atoms with Gasteiger partial charge in [-0.05, 0) is 97.7 Å². The molecule has 88 heavy (non-hydrogen) atoms. The van der Waals surface area contributed by atoms with E-state index in [0.717, 1.165) is 38.5 Å². The van der Waals surface area contributed by atoms with Crippen molar-refractivity contribution in [3.8, 4) is 0 Å². The molecule has 0 aromatic rings. The van der Waals surface area contributed by atoms with E-state index in [9.17, 15) is 86.5 Å². The molecule has 7 saturated heterocycles. The Kier molecular flexibility index (Phi) is 20.4. The highest BCUT2D eigenvalue weighted by molar-refractivity contribution is 5.66. The summed E-state index contributed by atoms with van der Waals surface area (Å²) in [5, 5.41) is 176. The second-order valence-corrected chi connectivity index (χ2v) is 27.6. The van der Waals surface area contributed by atoms with Gasteiger partial charge in [0.25, 0.3) is 0 Å². The molecule has 7 aliphatic heterocycles. The van der Waals surface area contributed by atoms with E-state index in [1.54, 1.807) is 0 Å². The molecule has 0 aromatic carbocycles. The number of fused-ring (bicyclic) bond motifs is 7. The van der Waals surface area contributed by atoms with Gasteiger partial charge in [-0.2, -0.15) is 0 Å². The Labute approximate surface area is 508 Å². The molecule has 7 heterocycles. The monoisotopic (exact) mass is 1270 g/mol. The Balaban J connectivity index is 0.751. The van der Waals surface area contributed by atoms with Gasteiger partial charge in [-0.15, -0.1) is 0 Å². The van der Waals surface area contributed by atoms with Crippen LogP contribution in [0.15, 0.2) is 0 Å². The van der Waals surface area contributed by atoms with E-state index in [1.807, 2.05) is 6.92 Å². The molecule has 30 nitrogen and oxygen atoms in total. The van der Waals surface area contributed by atoms with Gasteiger partial charge in [0, 0.05) is 19.4 Å². The Bertz CT molecular complexity index is 2350. The van der Waals surface area contributed by atoms with Crippen molar-refractivity contribution >= 4 is 5.97 Å². The van der Waals surface area contributed by atoms with Crippen LogP contribution >= 0.6 is 0 Å². The fourth-order valence-electron chi connectivity index (χ4n) is 18.0. The van der Waals surface area contributed by atoms with E-state index in [4.69, 9.17) is 56.8 Å². The molecule has 30 heteroatoms. The lowest BCUT2D eigenvalue weighted by molar-refractivity contribution is -0.404. The maximum Gasteiger partial charge on any atom is 0.303 e. The van der Waals surface area contributed by atoms with E-state index in [1.165, 1.54) is 6.92 Å². The second-order valence-electron chi connectivity index (χ2n) is 27.6. The van der Waals surface area contributed by atoms with Gasteiger partial charge in [0.2, 0.25) is 0 Å². The minimum absolute atomic E-state index is 0.0616. The maximum absolute atomic E-state index is 13.0. The minimum Gasteiger partial charge on any atom is -0.455 e. The molecule has 0 aromatic heterocycles. The summed E-state index contributed by atoms with van der Waals surface area (Å²) in [5.74, 6) is 0.294. The standard InChI is InChI=1S/C58H95NO29/c1-20-14-59-58(50(78-22(3)64)46(20)84-53-43(74)39(70)36(67)30(15-60)80-53)21(2)34-29(88-58)13-27-25-7-6-23-12-24(8-10-56(23,4)26(25)9-11-57(27,34)5)79-52-45(76)41(72)47(33(18-63)83-52)85-55-49(87-54-44(75)40(71)37(68)31(16-61)81-54)48(38(69)32(17-62)82-55)86-51-42(73)35(66)28(65)19-77-51/h20-21,23-55,59-63,65-76H,6-19H2,1-5H3/t20-,21-,23-,24-,25+,26-,27-,28+,29-,30+,31+,32+,33+,34-,35-,36+,37+,38+,39-,40-,41-,42+,43+,44+,45+,46+,47-,48-,49+,50-,51-,52+,53-,54+,55-,56-,57-,58-/m0/s1. The number of esters is 1. The lowest BCUT2D eigenvalue weighted by atomic mass is 9.44. The van der Waals surface area contributed by atoms with Crippen LogP contribution in [0.1, 0.15) is 86.0 Å². The number of piperidine rings is 1. The SMILES string of the molecule is CC(=O)O[C@H]1[C@H](O[C@@H]2O[C@H](CO)[C@@H](O)[C@H](O)[C@H]2O)[C@@H](C)CN[C@@]12O[C@H]1C[C@H]3[C@@H]4CC[C@H]5C[C@@H](O[C@@H]6O[C@H](CO)[C@H](O[C@@H]7O[C@H](CO)[C@@H](O)[C@H](O[C@@H]8OC[C@@H](O)[C@H](O)[C@H]8O)[C@H]7O[C@H]7O[C@H](CO)[C@@H](O)[C@H](O)[C@H]7O)[C@@H](O)[C@H]6O)CC[C@]5(C)[C@H]4CC[C@]3(C)[C@H]1[C@@H]2C. The molecule has 1 spiro atoms. The van der Waals surface area contributed by atoms with Crippen LogP contribution in [0.25, 0.3) is 0 Å². The predicted octanol–water partition coefficient (Wildman–Crippen LogP) is -6.36. The molecule has 0 bridgehead atoms. The minimum atomic E-state index is -2.03. The number of hydrogen-bond donors (Lipinski definition) is 17. The lowest BCUT2D eigenvalue weighted by Gasteiger charge is -2.61. The van der Waals surface area contributed by atoms with Crippen LogP contribution < -0.4 is 5.32 Å². The summed E-state index contributed by atoms with van der Waals surface area (Å²) in [5.41, 5.74) is -1.41. The summed E-state index contributed by atoms with van der Waals surface area (Å²) in [6, 6.07) is 0. The van der Waals surface area contributed by atoms with Crippen LogP contribution in [-0.4, -0.2) is 305 Å². The highest BCUT2D eigenvalue weighted by Crippen LogP contribution is 2.71. The van der Waals surface area contributed by atoms with Crippen molar-refractivity contribution in [3.05, 3.63) is 0 Å². The zero-order valence-electron chi connectivity index (χ0n) is 50.1. The first-order valence-electron chi connectivity index (χ1n) is 31.5. The molecule has 506 valence electrons. The molecular formula is C58H95NO29. The highest BCUT2D eigenvalue weighted by Gasteiger charge is 2.72. The largest absolute Gasteiger partial charge is 0.455 e. The molecule has 4 aliphatic carbocycles. The average molecular weight is 1270 g/mol. The van der Waals surface area contributed by atoms with Crippen molar-refractivity contribution in [2.75, 3.05) is 39.6 Å². The van der Waals surface area contributed by atoms with E-state index in [0.29, 0.717) is 37.1 Å². The number of ether oxygens (including phenoxy) is 12. The molecule has 11 rings (SSSR count). The van der Waals surface area contributed by atoms with Gasteiger partial charge < -0.3 is 139 Å². The topological polar surface area (TPSA) is 464 Å². The Morgan fingerprint density at radius 1 is 0.523 bits per heavy atom. The third-order valence-corrected chi connectivity index (χ3v) is 22.8. The van der Waals surface area contributed by atoms with Crippen LogP contribution in [0.2, 0.25) is 0 Å². The van der Waals surface area contributed by atoms with Crippen molar-refractivity contribution in [2.24, 2.45) is 52.3 Å². The van der Waals surface area contributed by atoms with Gasteiger partial charge >= 0.3 is 5.97 Å². The van der Waals surface area contributed by atoms with E-state index < -0.39 is 210 Å². The third-order valence-electron chi connectivity index (χ3n) is 22.8. The molecular weight excluding hydrogens is 1170 g/mol. The zero-order valence-corrected chi connectivity index (χ0v) is 50.1. The van der Waals surface area contributed by atoms with Crippen LogP contribution in [0.5, 0.6) is 0 Å². The van der Waals surface area contributed by atoms with Crippen LogP contribution in [0.3, 0.4) is 0 Å². The van der Waals surface area contributed by atoms with Gasteiger partial charge in [-0.1, -0.05) is 27.7 Å². The molecule has 38 atom stereocenters. The van der Waals surface area contributed by atoms with E-state index >= 15 is 0 Å². The Morgan fingerprint density at radius 2 is 1.06 bits per heavy atom. The third kappa shape index (κ3) is 11.7. The quantitative estimate of drug-likeness (QED) is 0.0536. The molecule has 11 fully saturated rings. The second kappa shape index (κ2) is 26.5. The molecule has 4 saturated carbocycles. The summed E-state index contributed by atoms with van der Waals surface area (Å²) in [4.78, 5) is 13.0. The van der Waals surface area contributed by atoms with Crippen molar-refractivity contribution in [3.63, 3.8) is 0 Å².